The zero-order valence-corrected chi connectivity index (χ0v) is 9.78. The zero-order valence-electron chi connectivity index (χ0n) is 8.96. The van der Waals surface area contributed by atoms with Gasteiger partial charge in [0, 0.05) is 11.6 Å². The van der Waals surface area contributed by atoms with Crippen molar-refractivity contribution in [3.63, 3.8) is 0 Å². The van der Waals surface area contributed by atoms with Gasteiger partial charge in [0.15, 0.2) is 0 Å². The third kappa shape index (κ3) is 2.35. The summed E-state index contributed by atoms with van der Waals surface area (Å²) in [6, 6.07) is 2.95. The molecule has 5 heteroatoms. The van der Waals surface area contributed by atoms with Crippen molar-refractivity contribution in [1.82, 2.24) is 0 Å². The molecule has 1 aromatic carbocycles. The van der Waals surface area contributed by atoms with Crippen LogP contribution in [0.4, 0.5) is 8.78 Å². The fraction of sp³-hybridized carbons (Fsp3) is 0.364. The number of carboxylic acids is 1. The minimum absolute atomic E-state index is 0.00625. The number of thioether (sulfide) groups is 1. The molecule has 1 N–H and O–H groups in total. The van der Waals surface area contributed by atoms with Crippen molar-refractivity contribution in [3.05, 3.63) is 35.4 Å². The van der Waals surface area contributed by atoms with Crippen molar-refractivity contribution < 1.29 is 18.7 Å². The van der Waals surface area contributed by atoms with Gasteiger partial charge in [0.2, 0.25) is 0 Å². The molecule has 0 saturated heterocycles. The summed E-state index contributed by atoms with van der Waals surface area (Å²) >= 11 is 1.10. The van der Waals surface area contributed by atoms with E-state index >= 15 is 0 Å². The highest BCUT2D eigenvalue weighted by Crippen LogP contribution is 2.37. The molecular weight excluding hydrogens is 234 g/mol. The van der Waals surface area contributed by atoms with Crippen LogP contribution in [0.3, 0.4) is 0 Å². The predicted octanol–water partition coefficient (Wildman–Crippen LogP) is 3.02. The van der Waals surface area contributed by atoms with Crippen LogP contribution < -0.4 is 0 Å². The van der Waals surface area contributed by atoms with Crippen molar-refractivity contribution >= 4 is 17.7 Å². The first-order valence-electron chi connectivity index (χ1n) is 4.74. The molecular formula is C11H12F2O2S. The molecule has 0 radical (unpaired) electrons. The predicted molar refractivity (Wildman–Crippen MR) is 59.5 cm³/mol. The van der Waals surface area contributed by atoms with Gasteiger partial charge in [-0.25, -0.2) is 8.78 Å². The van der Waals surface area contributed by atoms with Crippen molar-refractivity contribution in [2.24, 2.45) is 0 Å². The van der Waals surface area contributed by atoms with E-state index in [0.717, 1.165) is 17.8 Å². The second kappa shape index (κ2) is 4.82. The van der Waals surface area contributed by atoms with Crippen LogP contribution in [0.2, 0.25) is 0 Å². The summed E-state index contributed by atoms with van der Waals surface area (Å²) in [5.41, 5.74) is -0.00625. The zero-order chi connectivity index (χ0) is 12.3. The quantitative estimate of drug-likeness (QED) is 0.887. The number of aliphatic carboxylic acids is 1. The van der Waals surface area contributed by atoms with E-state index in [1.165, 1.54) is 13.0 Å². The van der Waals surface area contributed by atoms with E-state index in [-0.39, 0.29) is 5.56 Å². The van der Waals surface area contributed by atoms with Gasteiger partial charge in [-0.2, -0.15) is 0 Å². The van der Waals surface area contributed by atoms with E-state index in [1.807, 2.05) is 0 Å². The number of carboxylic acid groups (broad SMARTS) is 1. The normalized spacial score (nSPS) is 14.5. The van der Waals surface area contributed by atoms with Crippen LogP contribution in [0.5, 0.6) is 0 Å². The Morgan fingerprint density at radius 1 is 1.50 bits per heavy atom. The molecule has 0 aliphatic rings. The summed E-state index contributed by atoms with van der Waals surface area (Å²) in [6.45, 7) is 3.20. The van der Waals surface area contributed by atoms with Gasteiger partial charge >= 0.3 is 5.97 Å². The van der Waals surface area contributed by atoms with Gasteiger partial charge in [-0.3, -0.25) is 4.79 Å². The minimum Gasteiger partial charge on any atom is -0.480 e. The monoisotopic (exact) mass is 246 g/mol. The van der Waals surface area contributed by atoms with Gasteiger partial charge in [0.1, 0.15) is 16.4 Å². The lowest BCUT2D eigenvalue weighted by Crippen LogP contribution is -2.30. The Balaban J connectivity index is 3.26. The molecule has 88 valence electrons. The SMILES string of the molecule is CCSC(C)(C(=O)O)c1ccc(F)cc1F. The van der Waals surface area contributed by atoms with Crippen LogP contribution in [0.25, 0.3) is 0 Å². The molecule has 0 spiro atoms. The Morgan fingerprint density at radius 2 is 2.12 bits per heavy atom. The maximum absolute atomic E-state index is 13.5. The molecule has 0 aliphatic carbocycles. The number of hydrogen-bond donors (Lipinski definition) is 1. The number of halogens is 2. The summed E-state index contributed by atoms with van der Waals surface area (Å²) in [5, 5.41) is 9.13. The van der Waals surface area contributed by atoms with Crippen LogP contribution in [0.1, 0.15) is 19.4 Å². The second-order valence-electron chi connectivity index (χ2n) is 3.40. The van der Waals surface area contributed by atoms with Crippen LogP contribution in [0.15, 0.2) is 18.2 Å². The minimum atomic E-state index is -1.38. The van der Waals surface area contributed by atoms with E-state index < -0.39 is 22.4 Å². The summed E-state index contributed by atoms with van der Waals surface area (Å²) in [5.74, 6) is -2.15. The van der Waals surface area contributed by atoms with Gasteiger partial charge < -0.3 is 5.11 Å². The maximum Gasteiger partial charge on any atom is 0.324 e. The van der Waals surface area contributed by atoms with Gasteiger partial charge in [-0.05, 0) is 18.7 Å². The number of carbonyl (C=O) groups is 1. The third-order valence-electron chi connectivity index (χ3n) is 2.29. The smallest absolute Gasteiger partial charge is 0.324 e. The highest BCUT2D eigenvalue weighted by molar-refractivity contribution is 8.00. The largest absolute Gasteiger partial charge is 0.480 e. The molecule has 0 amide bonds. The number of rotatable bonds is 4. The maximum atomic E-state index is 13.5. The van der Waals surface area contributed by atoms with Gasteiger partial charge in [-0.1, -0.05) is 13.0 Å². The first-order valence-corrected chi connectivity index (χ1v) is 5.73. The molecule has 1 unspecified atom stereocenters. The second-order valence-corrected chi connectivity index (χ2v) is 5.08. The molecule has 0 fully saturated rings. The molecule has 0 saturated carbocycles. The molecule has 2 nitrogen and oxygen atoms in total. The van der Waals surface area contributed by atoms with Gasteiger partial charge in [0.25, 0.3) is 0 Å². The fourth-order valence-electron chi connectivity index (χ4n) is 1.42. The molecule has 1 rings (SSSR count). The third-order valence-corrected chi connectivity index (χ3v) is 3.55. The van der Waals surface area contributed by atoms with Crippen molar-refractivity contribution in [1.29, 1.82) is 0 Å². The highest BCUT2D eigenvalue weighted by atomic mass is 32.2. The highest BCUT2D eigenvalue weighted by Gasteiger charge is 2.37. The Bertz CT molecular complexity index is 409. The van der Waals surface area contributed by atoms with E-state index in [4.69, 9.17) is 5.11 Å². The number of hydrogen-bond acceptors (Lipinski definition) is 2. The Labute approximate surface area is 96.7 Å². The lowest BCUT2D eigenvalue weighted by atomic mass is 10.00. The number of benzene rings is 1. The van der Waals surface area contributed by atoms with E-state index in [0.29, 0.717) is 11.8 Å². The van der Waals surface area contributed by atoms with E-state index in [1.54, 1.807) is 6.92 Å². The lowest BCUT2D eigenvalue weighted by Gasteiger charge is -2.24. The standard InChI is InChI=1S/C11H12F2O2S/c1-3-16-11(2,10(14)15)8-5-4-7(12)6-9(8)13/h4-6H,3H2,1-2H3,(H,14,15). The Kier molecular flexibility index (Phi) is 3.91. The van der Waals surface area contributed by atoms with E-state index in [2.05, 4.69) is 0 Å². The summed E-state index contributed by atoms with van der Waals surface area (Å²) in [6.07, 6.45) is 0. The molecule has 1 atom stereocenters. The van der Waals surface area contributed by atoms with Crippen molar-refractivity contribution in [3.8, 4) is 0 Å². The van der Waals surface area contributed by atoms with Gasteiger partial charge in [-0.15, -0.1) is 11.8 Å². The summed E-state index contributed by atoms with van der Waals surface area (Å²) < 4.78 is 24.9. The molecule has 1 aromatic rings. The fourth-order valence-corrected chi connectivity index (χ4v) is 2.44. The molecule has 0 heterocycles. The van der Waals surface area contributed by atoms with Crippen LogP contribution in [-0.4, -0.2) is 16.8 Å². The molecule has 0 aliphatic heterocycles. The van der Waals surface area contributed by atoms with Crippen LogP contribution in [0, 0.1) is 11.6 Å². The average Bonchev–Trinajstić information content (AvgIpc) is 2.17. The summed E-state index contributed by atoms with van der Waals surface area (Å²) in [7, 11) is 0. The first kappa shape index (κ1) is 13.0. The Morgan fingerprint density at radius 3 is 2.56 bits per heavy atom. The Hall–Kier alpha value is -1.10. The van der Waals surface area contributed by atoms with E-state index in [9.17, 15) is 13.6 Å². The van der Waals surface area contributed by atoms with Crippen LogP contribution >= 0.6 is 11.8 Å². The molecule has 0 bridgehead atoms. The molecule has 0 aromatic heterocycles. The summed E-state index contributed by atoms with van der Waals surface area (Å²) in [4.78, 5) is 11.2. The first-order chi connectivity index (χ1) is 7.41. The van der Waals surface area contributed by atoms with Crippen molar-refractivity contribution in [2.45, 2.75) is 18.6 Å². The van der Waals surface area contributed by atoms with Crippen molar-refractivity contribution in [2.75, 3.05) is 5.75 Å². The topological polar surface area (TPSA) is 37.3 Å². The van der Waals surface area contributed by atoms with Gasteiger partial charge in [0.05, 0.1) is 0 Å². The average molecular weight is 246 g/mol. The lowest BCUT2D eigenvalue weighted by molar-refractivity contribution is -0.139. The van der Waals surface area contributed by atoms with Crippen LogP contribution in [-0.2, 0) is 9.54 Å². The molecule has 16 heavy (non-hydrogen) atoms.